The van der Waals surface area contributed by atoms with Crippen LogP contribution >= 0.6 is 11.3 Å². The summed E-state index contributed by atoms with van der Waals surface area (Å²) < 4.78 is 0. The highest BCUT2D eigenvalue weighted by molar-refractivity contribution is 7.13. The molecule has 136 valence electrons. The molecule has 26 heavy (non-hydrogen) atoms. The lowest BCUT2D eigenvalue weighted by atomic mass is 9.78. The Morgan fingerprint density at radius 1 is 1.19 bits per heavy atom. The molecule has 2 fully saturated rings. The van der Waals surface area contributed by atoms with Gasteiger partial charge in [-0.15, -0.1) is 11.3 Å². The van der Waals surface area contributed by atoms with Crippen molar-refractivity contribution in [1.29, 1.82) is 0 Å². The maximum Gasteiger partial charge on any atom is 0.225 e. The topological polar surface area (TPSA) is 63.4 Å². The minimum atomic E-state index is -0.660. The van der Waals surface area contributed by atoms with Crippen molar-refractivity contribution in [2.75, 3.05) is 13.1 Å². The third kappa shape index (κ3) is 3.05. The summed E-state index contributed by atoms with van der Waals surface area (Å²) >= 11 is 1.69. The van der Waals surface area contributed by atoms with Gasteiger partial charge in [0.25, 0.3) is 0 Å². The van der Waals surface area contributed by atoms with Crippen LogP contribution < -0.4 is 5.73 Å². The second kappa shape index (κ2) is 6.88. The van der Waals surface area contributed by atoms with Gasteiger partial charge in [0.1, 0.15) is 0 Å². The lowest BCUT2D eigenvalue weighted by molar-refractivity contribution is -0.138. The molecule has 1 aromatic heterocycles. The quantitative estimate of drug-likeness (QED) is 0.878. The maximum atomic E-state index is 12.6. The number of primary amides is 1. The van der Waals surface area contributed by atoms with Gasteiger partial charge in [-0.05, 0) is 48.3 Å². The molecule has 0 bridgehead atoms. The average Bonchev–Trinajstić information content (AvgIpc) is 3.24. The molecule has 1 atom stereocenters. The molecule has 1 aliphatic heterocycles. The molecule has 4 rings (SSSR count). The summed E-state index contributed by atoms with van der Waals surface area (Å²) in [6, 6.07) is 12.3. The number of nitrogens with two attached hydrogens (primary N) is 1. The summed E-state index contributed by atoms with van der Waals surface area (Å²) in [5, 5.41) is 2.06. The molecule has 1 aromatic carbocycles. The van der Waals surface area contributed by atoms with Gasteiger partial charge in [0.15, 0.2) is 0 Å². The van der Waals surface area contributed by atoms with Gasteiger partial charge in [-0.3, -0.25) is 9.59 Å². The molecule has 1 saturated heterocycles. The standard InChI is InChI=1S/C21H24N2O2S/c22-20(25)21(10-11-23(14-21)19(24)15-6-3-7-15)13-16-5-1-2-8-17(16)18-9-4-12-26-18/h1-2,4-5,8-9,12,15H,3,6-7,10-11,13-14H2,(H2,22,25)/t21-/m0/s1. The molecule has 1 saturated carbocycles. The fraction of sp³-hybridized carbons (Fsp3) is 0.429. The molecule has 2 aliphatic rings. The van der Waals surface area contributed by atoms with Crippen LogP contribution in [-0.2, 0) is 16.0 Å². The van der Waals surface area contributed by atoms with Crippen LogP contribution in [0.4, 0.5) is 0 Å². The van der Waals surface area contributed by atoms with Crippen LogP contribution in [0.5, 0.6) is 0 Å². The number of nitrogens with zero attached hydrogens (tertiary/aromatic N) is 1. The highest BCUT2D eigenvalue weighted by Crippen LogP contribution is 2.39. The van der Waals surface area contributed by atoms with Crippen molar-refractivity contribution >= 4 is 23.2 Å². The van der Waals surface area contributed by atoms with Gasteiger partial charge in [0.05, 0.1) is 5.41 Å². The summed E-state index contributed by atoms with van der Waals surface area (Å²) in [6.07, 6.45) is 4.35. The molecule has 0 unspecified atom stereocenters. The first-order valence-electron chi connectivity index (χ1n) is 9.29. The Morgan fingerprint density at radius 3 is 2.65 bits per heavy atom. The van der Waals surface area contributed by atoms with Gasteiger partial charge < -0.3 is 10.6 Å². The Bertz CT molecular complexity index is 813. The second-order valence-electron chi connectivity index (χ2n) is 7.59. The minimum Gasteiger partial charge on any atom is -0.369 e. The largest absolute Gasteiger partial charge is 0.369 e. The molecule has 2 N–H and O–H groups in total. The number of rotatable bonds is 5. The van der Waals surface area contributed by atoms with Crippen molar-refractivity contribution in [3.05, 3.63) is 47.3 Å². The Labute approximate surface area is 158 Å². The predicted molar refractivity (Wildman–Crippen MR) is 104 cm³/mol. The van der Waals surface area contributed by atoms with Crippen LogP contribution in [0, 0.1) is 11.3 Å². The molecular formula is C21H24N2O2S. The van der Waals surface area contributed by atoms with Gasteiger partial charge in [0, 0.05) is 23.9 Å². The Balaban J connectivity index is 1.59. The van der Waals surface area contributed by atoms with E-state index >= 15 is 0 Å². The molecule has 2 amide bonds. The molecule has 2 aromatic rings. The van der Waals surface area contributed by atoms with Crippen molar-refractivity contribution < 1.29 is 9.59 Å². The first kappa shape index (κ1) is 17.3. The first-order valence-corrected chi connectivity index (χ1v) is 10.2. The van der Waals surface area contributed by atoms with Crippen LogP contribution in [0.3, 0.4) is 0 Å². The number of carbonyl (C=O) groups is 2. The monoisotopic (exact) mass is 368 g/mol. The van der Waals surface area contributed by atoms with Crippen molar-refractivity contribution in [1.82, 2.24) is 4.90 Å². The molecule has 2 heterocycles. The molecule has 0 spiro atoms. The van der Waals surface area contributed by atoms with Gasteiger partial charge in [0.2, 0.25) is 11.8 Å². The normalized spacial score (nSPS) is 23.0. The fourth-order valence-electron chi connectivity index (χ4n) is 4.12. The van der Waals surface area contributed by atoms with Crippen molar-refractivity contribution in [2.24, 2.45) is 17.1 Å². The number of carbonyl (C=O) groups excluding carboxylic acids is 2. The molecule has 0 radical (unpaired) electrons. The first-order chi connectivity index (χ1) is 12.6. The van der Waals surface area contributed by atoms with E-state index in [2.05, 4.69) is 23.6 Å². The van der Waals surface area contributed by atoms with Gasteiger partial charge in [-0.2, -0.15) is 0 Å². The minimum absolute atomic E-state index is 0.164. The van der Waals surface area contributed by atoms with Crippen molar-refractivity contribution in [3.8, 4) is 10.4 Å². The van der Waals surface area contributed by atoms with E-state index in [1.54, 1.807) is 11.3 Å². The second-order valence-corrected chi connectivity index (χ2v) is 8.54. The number of thiophene rings is 1. The summed E-state index contributed by atoms with van der Waals surface area (Å²) in [6.45, 7) is 1.09. The van der Waals surface area contributed by atoms with Crippen LogP contribution in [-0.4, -0.2) is 29.8 Å². The zero-order chi connectivity index (χ0) is 18.1. The summed E-state index contributed by atoms with van der Waals surface area (Å²) in [4.78, 5) is 28.1. The number of likely N-dealkylation sites (tertiary alicyclic amines) is 1. The van der Waals surface area contributed by atoms with E-state index in [4.69, 9.17) is 5.73 Å². The van der Waals surface area contributed by atoms with Gasteiger partial charge in [-0.1, -0.05) is 36.8 Å². The highest BCUT2D eigenvalue weighted by atomic mass is 32.1. The Morgan fingerprint density at radius 2 is 2.00 bits per heavy atom. The SMILES string of the molecule is NC(=O)[C@]1(Cc2ccccc2-c2cccs2)CCN(C(=O)C2CCC2)C1. The predicted octanol–water partition coefficient (Wildman–Crippen LogP) is 3.46. The van der Waals surface area contributed by atoms with E-state index in [1.165, 1.54) is 4.88 Å². The smallest absolute Gasteiger partial charge is 0.225 e. The highest BCUT2D eigenvalue weighted by Gasteiger charge is 2.46. The fourth-order valence-corrected chi connectivity index (χ4v) is 4.90. The van der Waals surface area contributed by atoms with Crippen molar-refractivity contribution in [2.45, 2.75) is 32.1 Å². The van der Waals surface area contributed by atoms with E-state index in [1.807, 2.05) is 23.1 Å². The van der Waals surface area contributed by atoms with Crippen molar-refractivity contribution in [3.63, 3.8) is 0 Å². The molecule has 1 aliphatic carbocycles. The van der Waals surface area contributed by atoms with E-state index in [-0.39, 0.29) is 17.7 Å². The van der Waals surface area contributed by atoms with E-state index in [9.17, 15) is 9.59 Å². The zero-order valence-corrected chi connectivity index (χ0v) is 15.6. The number of benzene rings is 1. The Hall–Kier alpha value is -2.14. The molecule has 4 nitrogen and oxygen atoms in total. The van der Waals surface area contributed by atoms with Gasteiger partial charge in [-0.25, -0.2) is 0 Å². The lowest BCUT2D eigenvalue weighted by Gasteiger charge is -2.31. The van der Waals surface area contributed by atoms with Crippen LogP contribution in [0.1, 0.15) is 31.2 Å². The molecular weight excluding hydrogens is 344 g/mol. The lowest BCUT2D eigenvalue weighted by Crippen LogP contribution is -2.44. The van der Waals surface area contributed by atoms with Crippen LogP contribution in [0.15, 0.2) is 41.8 Å². The average molecular weight is 369 g/mol. The zero-order valence-electron chi connectivity index (χ0n) is 14.8. The number of hydrogen-bond acceptors (Lipinski definition) is 3. The number of amides is 2. The molecule has 5 heteroatoms. The van der Waals surface area contributed by atoms with Crippen LogP contribution in [0.2, 0.25) is 0 Å². The Kier molecular flexibility index (Phi) is 4.57. The summed E-state index contributed by atoms with van der Waals surface area (Å²) in [7, 11) is 0. The summed E-state index contributed by atoms with van der Waals surface area (Å²) in [5.74, 6) is 0.0883. The van der Waals surface area contributed by atoms with E-state index in [0.717, 1.165) is 30.4 Å². The third-order valence-electron chi connectivity index (χ3n) is 5.98. The maximum absolute atomic E-state index is 12.6. The van der Waals surface area contributed by atoms with E-state index in [0.29, 0.717) is 25.9 Å². The van der Waals surface area contributed by atoms with Gasteiger partial charge >= 0.3 is 0 Å². The van der Waals surface area contributed by atoms with Crippen LogP contribution in [0.25, 0.3) is 10.4 Å². The summed E-state index contributed by atoms with van der Waals surface area (Å²) in [5.41, 5.74) is 7.49. The number of hydrogen-bond donors (Lipinski definition) is 1. The third-order valence-corrected chi connectivity index (χ3v) is 6.88. The van der Waals surface area contributed by atoms with E-state index < -0.39 is 5.41 Å².